The first-order valence-corrected chi connectivity index (χ1v) is 5.31. The van der Waals surface area contributed by atoms with Crippen molar-refractivity contribution in [1.82, 2.24) is 0 Å². The highest BCUT2D eigenvalue weighted by Gasteiger charge is 2.36. The van der Waals surface area contributed by atoms with E-state index < -0.39 is 6.04 Å². The van der Waals surface area contributed by atoms with Crippen molar-refractivity contribution >= 4 is 6.29 Å². The molecule has 0 N–H and O–H groups in total. The van der Waals surface area contributed by atoms with Gasteiger partial charge in [0.25, 0.3) is 0 Å². The van der Waals surface area contributed by atoms with Crippen LogP contribution in [0.4, 0.5) is 0 Å². The molecule has 4 nitrogen and oxygen atoms in total. The number of ether oxygens (including phenoxy) is 1. The third-order valence-electron chi connectivity index (χ3n) is 2.92. The van der Waals surface area contributed by atoms with Gasteiger partial charge in [-0.1, -0.05) is 35.5 Å². The summed E-state index contributed by atoms with van der Waals surface area (Å²) in [5.74, 6) is -0.323. The van der Waals surface area contributed by atoms with Gasteiger partial charge in [0.05, 0.1) is 0 Å². The molecule has 1 saturated heterocycles. The number of carbonyl (C=O) groups is 1. The van der Waals surface area contributed by atoms with Crippen molar-refractivity contribution in [2.45, 2.75) is 18.6 Å². The van der Waals surface area contributed by atoms with Crippen molar-refractivity contribution in [3.8, 4) is 0 Å². The molecular formula is C12H13NO3. The van der Waals surface area contributed by atoms with Crippen LogP contribution in [0.25, 0.3) is 0 Å². The number of benzene rings is 1. The molecular weight excluding hydrogens is 206 g/mol. The lowest BCUT2D eigenvalue weighted by Gasteiger charge is -2.31. The topological polar surface area (TPSA) is 55.7 Å². The Morgan fingerprint density at radius 2 is 2.06 bits per heavy atom. The zero-order valence-corrected chi connectivity index (χ0v) is 8.78. The van der Waals surface area contributed by atoms with Crippen LogP contribution in [0.15, 0.2) is 35.5 Å². The summed E-state index contributed by atoms with van der Waals surface area (Å²) in [5, 5.41) is 3.05. The van der Waals surface area contributed by atoms with Crippen LogP contribution in [-0.2, 0) is 9.53 Å². The maximum Gasteiger partial charge on any atom is 0.132 e. The smallest absolute Gasteiger partial charge is 0.132 e. The highest BCUT2D eigenvalue weighted by Crippen LogP contribution is 2.33. The second-order valence-electron chi connectivity index (χ2n) is 3.89. The molecule has 3 unspecified atom stereocenters. The average Bonchev–Trinajstić information content (AvgIpc) is 2.38. The highest BCUT2D eigenvalue weighted by molar-refractivity contribution is 5.55. The Kier molecular flexibility index (Phi) is 3.41. The van der Waals surface area contributed by atoms with Crippen molar-refractivity contribution in [1.29, 1.82) is 0 Å². The minimum absolute atomic E-state index is 0.323. The number of carbonyl (C=O) groups excluding carboxylic acids is 1. The quantitative estimate of drug-likeness (QED) is 0.577. The fraction of sp³-hybridized carbons (Fsp3) is 0.417. The maximum atomic E-state index is 10.9. The first-order chi connectivity index (χ1) is 7.86. The Hall–Kier alpha value is -1.55. The third kappa shape index (κ3) is 2.02. The fourth-order valence-electron chi connectivity index (χ4n) is 2.04. The molecule has 0 radical (unpaired) electrons. The zero-order chi connectivity index (χ0) is 11.4. The molecule has 4 heteroatoms. The van der Waals surface area contributed by atoms with E-state index in [4.69, 9.17) is 4.74 Å². The predicted octanol–water partition coefficient (Wildman–Crippen LogP) is 2.10. The van der Waals surface area contributed by atoms with Crippen molar-refractivity contribution in [3.05, 3.63) is 40.8 Å². The van der Waals surface area contributed by atoms with Crippen LogP contribution in [0.2, 0.25) is 0 Å². The Morgan fingerprint density at radius 1 is 1.31 bits per heavy atom. The lowest BCUT2D eigenvalue weighted by Crippen LogP contribution is -2.34. The summed E-state index contributed by atoms with van der Waals surface area (Å²) in [5.41, 5.74) is 0.902. The second-order valence-corrected chi connectivity index (χ2v) is 3.89. The summed E-state index contributed by atoms with van der Waals surface area (Å²) in [6, 6.07) is 8.82. The van der Waals surface area contributed by atoms with Gasteiger partial charge in [0, 0.05) is 12.5 Å². The number of hydrogen-bond acceptors (Lipinski definition) is 4. The van der Waals surface area contributed by atoms with E-state index in [1.807, 2.05) is 30.3 Å². The van der Waals surface area contributed by atoms with Gasteiger partial charge >= 0.3 is 0 Å². The Morgan fingerprint density at radius 3 is 2.69 bits per heavy atom. The minimum atomic E-state index is -0.603. The Labute approximate surface area is 93.6 Å². The van der Waals surface area contributed by atoms with Gasteiger partial charge in [0.1, 0.15) is 18.4 Å². The molecule has 3 atom stereocenters. The van der Waals surface area contributed by atoms with Crippen molar-refractivity contribution in [2.75, 3.05) is 6.61 Å². The number of nitrogens with zero attached hydrogens (tertiary/aromatic N) is 1. The van der Waals surface area contributed by atoms with Gasteiger partial charge in [-0.2, -0.15) is 4.91 Å². The maximum absolute atomic E-state index is 10.9. The van der Waals surface area contributed by atoms with Gasteiger partial charge < -0.3 is 9.53 Å². The summed E-state index contributed by atoms with van der Waals surface area (Å²) in [6.07, 6.45) is 0.996. The van der Waals surface area contributed by atoms with Crippen molar-refractivity contribution < 1.29 is 9.53 Å². The fourth-order valence-corrected chi connectivity index (χ4v) is 2.04. The number of rotatable bonds is 3. The molecule has 0 saturated carbocycles. The van der Waals surface area contributed by atoms with Gasteiger partial charge in [0.15, 0.2) is 0 Å². The molecule has 0 aliphatic carbocycles. The van der Waals surface area contributed by atoms with Crippen LogP contribution < -0.4 is 0 Å². The molecule has 84 valence electrons. The van der Waals surface area contributed by atoms with E-state index in [0.29, 0.717) is 13.0 Å². The lowest BCUT2D eigenvalue weighted by molar-refractivity contribution is -0.117. The molecule has 0 amide bonds. The van der Waals surface area contributed by atoms with Gasteiger partial charge in [-0.15, -0.1) is 0 Å². The summed E-state index contributed by atoms with van der Waals surface area (Å²) in [4.78, 5) is 21.7. The van der Waals surface area contributed by atoms with E-state index in [9.17, 15) is 9.70 Å². The van der Waals surface area contributed by atoms with E-state index in [2.05, 4.69) is 5.18 Å². The van der Waals surface area contributed by atoms with E-state index in [1.165, 1.54) is 0 Å². The van der Waals surface area contributed by atoms with E-state index in [0.717, 1.165) is 11.8 Å². The Bertz CT molecular complexity index is 366. The van der Waals surface area contributed by atoms with E-state index in [1.54, 1.807) is 0 Å². The van der Waals surface area contributed by atoms with Gasteiger partial charge in [-0.3, -0.25) is 0 Å². The van der Waals surface area contributed by atoms with Crippen molar-refractivity contribution in [2.24, 2.45) is 11.1 Å². The number of nitroso groups, excluding NO2 is 1. The second kappa shape index (κ2) is 4.99. The van der Waals surface area contributed by atoms with Crippen LogP contribution in [0.5, 0.6) is 0 Å². The van der Waals surface area contributed by atoms with Gasteiger partial charge in [0.2, 0.25) is 0 Å². The standard InChI is InChI=1S/C12H13NO3/c14-8-10-6-7-16-12(11(10)13-15)9-4-2-1-3-5-9/h1-5,8,10-12H,6-7H2. The molecule has 1 aromatic rings. The molecule has 1 aliphatic rings. The van der Waals surface area contributed by atoms with Crippen LogP contribution in [-0.4, -0.2) is 18.9 Å². The van der Waals surface area contributed by atoms with Gasteiger partial charge in [-0.05, 0) is 12.0 Å². The number of hydrogen-bond donors (Lipinski definition) is 0. The molecule has 0 aromatic heterocycles. The molecule has 0 bridgehead atoms. The molecule has 16 heavy (non-hydrogen) atoms. The van der Waals surface area contributed by atoms with E-state index in [-0.39, 0.29) is 12.0 Å². The monoisotopic (exact) mass is 219 g/mol. The summed E-state index contributed by atoms with van der Waals surface area (Å²) < 4.78 is 5.55. The highest BCUT2D eigenvalue weighted by atomic mass is 16.5. The molecule has 0 spiro atoms. The largest absolute Gasteiger partial charge is 0.371 e. The summed E-state index contributed by atoms with van der Waals surface area (Å²) in [6.45, 7) is 0.495. The van der Waals surface area contributed by atoms with Crippen LogP contribution in [0.1, 0.15) is 18.1 Å². The minimum Gasteiger partial charge on any atom is -0.371 e. The first-order valence-electron chi connectivity index (χ1n) is 5.31. The zero-order valence-electron chi connectivity index (χ0n) is 8.78. The van der Waals surface area contributed by atoms with Crippen LogP contribution in [0, 0.1) is 10.8 Å². The van der Waals surface area contributed by atoms with Crippen molar-refractivity contribution in [3.63, 3.8) is 0 Å². The van der Waals surface area contributed by atoms with E-state index >= 15 is 0 Å². The van der Waals surface area contributed by atoms with Gasteiger partial charge in [-0.25, -0.2) is 0 Å². The average molecular weight is 219 g/mol. The molecule has 1 fully saturated rings. The normalized spacial score (nSPS) is 29.6. The first kappa shape index (κ1) is 11.0. The Balaban J connectivity index is 2.25. The summed E-state index contributed by atoms with van der Waals surface area (Å²) in [7, 11) is 0. The third-order valence-corrected chi connectivity index (χ3v) is 2.92. The molecule has 1 heterocycles. The van der Waals surface area contributed by atoms with Crippen LogP contribution >= 0.6 is 0 Å². The summed E-state index contributed by atoms with van der Waals surface area (Å²) >= 11 is 0. The lowest BCUT2D eigenvalue weighted by atomic mass is 9.88. The number of aldehydes is 1. The molecule has 1 aliphatic heterocycles. The molecule has 1 aromatic carbocycles. The predicted molar refractivity (Wildman–Crippen MR) is 58.9 cm³/mol. The van der Waals surface area contributed by atoms with Crippen LogP contribution in [0.3, 0.4) is 0 Å². The SMILES string of the molecule is O=CC1CCOC(c2ccccc2)C1N=O. The molecule has 2 rings (SSSR count).